The number of rotatable bonds is 8. The summed E-state index contributed by atoms with van der Waals surface area (Å²) in [5, 5.41) is 2.88. The first-order chi connectivity index (χ1) is 12.5. The normalized spacial score (nSPS) is 10.5. The monoisotopic (exact) mass is 358 g/mol. The van der Waals surface area contributed by atoms with Crippen LogP contribution in [0.25, 0.3) is 0 Å². The number of hydrogen-bond acceptors (Lipinski definition) is 5. The van der Waals surface area contributed by atoms with Crippen molar-refractivity contribution >= 4 is 11.6 Å². The maximum Gasteiger partial charge on any atom is 0.238 e. The minimum absolute atomic E-state index is 0.0844. The Morgan fingerprint density at radius 1 is 1.04 bits per heavy atom. The highest BCUT2D eigenvalue weighted by molar-refractivity contribution is 5.92. The number of benzene rings is 2. The number of carbonyl (C=O) groups is 1. The molecule has 140 valence electrons. The van der Waals surface area contributed by atoms with Crippen molar-refractivity contribution in [3.8, 4) is 17.2 Å². The van der Waals surface area contributed by atoms with E-state index in [1.807, 2.05) is 49.2 Å². The van der Waals surface area contributed by atoms with Gasteiger partial charge in [-0.05, 0) is 49.4 Å². The second-order valence-electron chi connectivity index (χ2n) is 6.09. The fraction of sp³-hybridized carbons (Fsp3) is 0.350. The number of ether oxygens (including phenoxy) is 3. The van der Waals surface area contributed by atoms with Gasteiger partial charge in [-0.25, -0.2) is 0 Å². The summed E-state index contributed by atoms with van der Waals surface area (Å²) in [6, 6.07) is 11.2. The van der Waals surface area contributed by atoms with Crippen LogP contribution in [0.4, 0.5) is 5.69 Å². The molecule has 2 aromatic carbocycles. The van der Waals surface area contributed by atoms with Gasteiger partial charge in [-0.15, -0.1) is 0 Å². The van der Waals surface area contributed by atoms with E-state index in [1.165, 1.54) is 0 Å². The molecule has 1 N–H and O–H groups in total. The van der Waals surface area contributed by atoms with Crippen LogP contribution in [-0.4, -0.2) is 45.7 Å². The van der Waals surface area contributed by atoms with Crippen molar-refractivity contribution in [2.75, 3.05) is 40.2 Å². The number of carbonyl (C=O) groups excluding carboxylic acids is 1. The SMILES string of the molecule is COc1cccc(NC(=O)CN(C)Cc2cc(OC)c(OC)cc2C)c1. The summed E-state index contributed by atoms with van der Waals surface area (Å²) < 4.78 is 15.8. The van der Waals surface area contributed by atoms with Crippen LogP contribution >= 0.6 is 0 Å². The molecule has 0 saturated heterocycles. The molecule has 0 aliphatic carbocycles. The molecule has 26 heavy (non-hydrogen) atoms. The highest BCUT2D eigenvalue weighted by Crippen LogP contribution is 2.30. The van der Waals surface area contributed by atoms with Crippen molar-refractivity contribution in [1.82, 2.24) is 4.90 Å². The molecule has 6 nitrogen and oxygen atoms in total. The molecule has 0 aromatic heterocycles. The van der Waals surface area contributed by atoms with Crippen LogP contribution in [0.1, 0.15) is 11.1 Å². The topological polar surface area (TPSA) is 60.0 Å². The summed E-state index contributed by atoms with van der Waals surface area (Å²) in [6.45, 7) is 2.91. The van der Waals surface area contributed by atoms with Crippen molar-refractivity contribution in [2.45, 2.75) is 13.5 Å². The second-order valence-corrected chi connectivity index (χ2v) is 6.09. The Bertz CT molecular complexity index is 761. The molecule has 1 amide bonds. The third kappa shape index (κ3) is 5.13. The van der Waals surface area contributed by atoms with Gasteiger partial charge >= 0.3 is 0 Å². The van der Waals surface area contributed by atoms with E-state index in [0.717, 1.165) is 11.1 Å². The second kappa shape index (κ2) is 9.10. The van der Waals surface area contributed by atoms with E-state index in [0.29, 0.717) is 29.5 Å². The van der Waals surface area contributed by atoms with E-state index in [1.54, 1.807) is 27.4 Å². The predicted octanol–water partition coefficient (Wildman–Crippen LogP) is 3.09. The van der Waals surface area contributed by atoms with Gasteiger partial charge in [0.15, 0.2) is 11.5 Å². The minimum atomic E-state index is -0.0844. The first kappa shape index (κ1) is 19.6. The maximum atomic E-state index is 12.3. The molecule has 0 fully saturated rings. The van der Waals surface area contributed by atoms with E-state index >= 15 is 0 Å². The Labute approximate surface area is 154 Å². The number of aryl methyl sites for hydroxylation is 1. The molecule has 2 rings (SSSR count). The molecule has 0 radical (unpaired) electrons. The van der Waals surface area contributed by atoms with Crippen molar-refractivity contribution < 1.29 is 19.0 Å². The van der Waals surface area contributed by atoms with Gasteiger partial charge in [-0.2, -0.15) is 0 Å². The van der Waals surface area contributed by atoms with Gasteiger partial charge in [-0.1, -0.05) is 6.07 Å². The molecule has 0 aliphatic rings. The molecule has 0 spiro atoms. The standard InChI is InChI=1S/C20H26N2O4/c1-14-9-18(25-4)19(26-5)10-15(14)12-22(2)13-20(23)21-16-7-6-8-17(11-16)24-3/h6-11H,12-13H2,1-5H3,(H,21,23). The fourth-order valence-corrected chi connectivity index (χ4v) is 2.69. The van der Waals surface area contributed by atoms with E-state index in [-0.39, 0.29) is 12.5 Å². The smallest absolute Gasteiger partial charge is 0.238 e. The molecule has 6 heteroatoms. The van der Waals surface area contributed by atoms with Gasteiger partial charge in [0.2, 0.25) is 5.91 Å². The molecular formula is C20H26N2O4. The lowest BCUT2D eigenvalue weighted by Crippen LogP contribution is -2.30. The Morgan fingerprint density at radius 2 is 1.73 bits per heavy atom. The summed E-state index contributed by atoms with van der Waals surface area (Å²) in [4.78, 5) is 14.2. The minimum Gasteiger partial charge on any atom is -0.497 e. The first-order valence-electron chi connectivity index (χ1n) is 8.30. The van der Waals surface area contributed by atoms with Crippen LogP contribution in [0.2, 0.25) is 0 Å². The molecule has 2 aromatic rings. The van der Waals surface area contributed by atoms with E-state index < -0.39 is 0 Å². The first-order valence-corrected chi connectivity index (χ1v) is 8.30. The largest absolute Gasteiger partial charge is 0.497 e. The van der Waals surface area contributed by atoms with Gasteiger partial charge in [0.05, 0.1) is 27.9 Å². The number of likely N-dealkylation sites (N-methyl/N-ethyl adjacent to an activating group) is 1. The summed E-state index contributed by atoms with van der Waals surface area (Å²) in [5.74, 6) is 2.01. The third-order valence-electron chi connectivity index (χ3n) is 4.05. The fourth-order valence-electron chi connectivity index (χ4n) is 2.69. The molecule has 0 bridgehead atoms. The highest BCUT2D eigenvalue weighted by Gasteiger charge is 2.12. The Kier molecular flexibility index (Phi) is 6.86. The van der Waals surface area contributed by atoms with Crippen LogP contribution < -0.4 is 19.5 Å². The van der Waals surface area contributed by atoms with Crippen molar-refractivity contribution in [3.05, 3.63) is 47.5 Å². The average Bonchev–Trinajstić information content (AvgIpc) is 2.62. The van der Waals surface area contributed by atoms with Crippen molar-refractivity contribution in [2.24, 2.45) is 0 Å². The molecule has 0 aliphatic heterocycles. The number of amides is 1. The van der Waals surface area contributed by atoms with E-state index in [4.69, 9.17) is 14.2 Å². The van der Waals surface area contributed by atoms with Crippen molar-refractivity contribution in [3.63, 3.8) is 0 Å². The summed E-state index contributed by atoms with van der Waals surface area (Å²) >= 11 is 0. The number of hydrogen-bond donors (Lipinski definition) is 1. The van der Waals surface area contributed by atoms with Gasteiger partial charge in [-0.3, -0.25) is 9.69 Å². The van der Waals surface area contributed by atoms with Gasteiger partial charge < -0.3 is 19.5 Å². The van der Waals surface area contributed by atoms with E-state index in [9.17, 15) is 4.79 Å². The summed E-state index contributed by atoms with van der Waals surface area (Å²) in [7, 11) is 6.73. The predicted molar refractivity (Wildman–Crippen MR) is 102 cm³/mol. The lowest BCUT2D eigenvalue weighted by atomic mass is 10.1. The molecule has 0 heterocycles. The molecule has 0 unspecified atom stereocenters. The Balaban J connectivity index is 1.99. The van der Waals surface area contributed by atoms with Gasteiger partial charge in [0.25, 0.3) is 0 Å². The van der Waals surface area contributed by atoms with E-state index in [2.05, 4.69) is 5.32 Å². The highest BCUT2D eigenvalue weighted by atomic mass is 16.5. The number of nitrogens with one attached hydrogen (secondary N) is 1. The zero-order chi connectivity index (χ0) is 19.1. The zero-order valence-corrected chi connectivity index (χ0v) is 16.0. The number of methoxy groups -OCH3 is 3. The Morgan fingerprint density at radius 3 is 2.38 bits per heavy atom. The maximum absolute atomic E-state index is 12.3. The van der Waals surface area contributed by atoms with Crippen molar-refractivity contribution in [1.29, 1.82) is 0 Å². The third-order valence-corrected chi connectivity index (χ3v) is 4.05. The van der Waals surface area contributed by atoms with Crippen LogP contribution in [0.5, 0.6) is 17.2 Å². The lowest BCUT2D eigenvalue weighted by molar-refractivity contribution is -0.117. The van der Waals surface area contributed by atoms with Gasteiger partial charge in [0.1, 0.15) is 5.75 Å². The molecular weight excluding hydrogens is 332 g/mol. The van der Waals surface area contributed by atoms with Crippen LogP contribution in [0.15, 0.2) is 36.4 Å². The quantitative estimate of drug-likeness (QED) is 0.786. The van der Waals surface area contributed by atoms with Crippen LogP contribution in [-0.2, 0) is 11.3 Å². The number of anilines is 1. The van der Waals surface area contributed by atoms with Crippen LogP contribution in [0, 0.1) is 6.92 Å². The van der Waals surface area contributed by atoms with Crippen LogP contribution in [0.3, 0.4) is 0 Å². The molecule has 0 saturated carbocycles. The lowest BCUT2D eigenvalue weighted by Gasteiger charge is -2.19. The average molecular weight is 358 g/mol. The number of nitrogens with zero attached hydrogens (tertiary/aromatic N) is 1. The zero-order valence-electron chi connectivity index (χ0n) is 16.0. The summed E-state index contributed by atoms with van der Waals surface area (Å²) in [6.07, 6.45) is 0. The van der Waals surface area contributed by atoms with Gasteiger partial charge in [0, 0.05) is 18.3 Å². The summed E-state index contributed by atoms with van der Waals surface area (Å²) in [5.41, 5.74) is 2.88. The Hall–Kier alpha value is -2.73. The molecule has 0 atom stereocenters.